The predicted octanol–water partition coefficient (Wildman–Crippen LogP) is 2.30. The lowest BCUT2D eigenvalue weighted by molar-refractivity contribution is 0.0981. The van der Waals surface area contributed by atoms with Crippen LogP contribution < -0.4 is 0 Å². The third kappa shape index (κ3) is 2.36. The van der Waals surface area contributed by atoms with E-state index in [0.717, 1.165) is 0 Å². The van der Waals surface area contributed by atoms with Crippen molar-refractivity contribution in [1.29, 1.82) is 0 Å². The van der Waals surface area contributed by atoms with E-state index in [0.29, 0.717) is 12.7 Å². The van der Waals surface area contributed by atoms with Crippen molar-refractivity contribution in [2.75, 3.05) is 6.61 Å². The summed E-state index contributed by atoms with van der Waals surface area (Å²) in [5.41, 5.74) is 0. The second-order valence-electron chi connectivity index (χ2n) is 2.52. The Morgan fingerprint density at radius 3 is 3.20 bits per heavy atom. The van der Waals surface area contributed by atoms with Crippen LogP contribution >= 0.6 is 0 Å². The van der Waals surface area contributed by atoms with Crippen LogP contribution in [0.5, 0.6) is 0 Å². The van der Waals surface area contributed by atoms with Crippen LogP contribution in [0.4, 0.5) is 0 Å². The van der Waals surface area contributed by atoms with E-state index in [1.54, 1.807) is 6.08 Å². The molecule has 1 rings (SSSR count). The summed E-state index contributed by atoms with van der Waals surface area (Å²) in [4.78, 5) is 0. The van der Waals surface area contributed by atoms with Gasteiger partial charge in [0.2, 0.25) is 0 Å². The van der Waals surface area contributed by atoms with Crippen LogP contribution in [0.15, 0.2) is 24.8 Å². The van der Waals surface area contributed by atoms with Gasteiger partial charge in [-0.25, -0.2) is 0 Å². The molecule has 0 heterocycles. The zero-order valence-corrected chi connectivity index (χ0v) is 6.25. The first-order chi connectivity index (χ1) is 4.93. The predicted molar refractivity (Wildman–Crippen MR) is 42.9 cm³/mol. The summed E-state index contributed by atoms with van der Waals surface area (Å²) in [6.45, 7) is 4.27. The number of ether oxygens (including phenoxy) is 1. The molecular formula is C9H14O. The number of hydrogen-bond donors (Lipinski definition) is 0. The molecule has 0 aromatic carbocycles. The molecule has 0 fully saturated rings. The molecular weight excluding hydrogens is 124 g/mol. The molecule has 1 aliphatic rings. The molecule has 56 valence electrons. The number of rotatable bonds is 3. The van der Waals surface area contributed by atoms with E-state index in [1.165, 1.54) is 19.3 Å². The minimum absolute atomic E-state index is 0.353. The lowest BCUT2D eigenvalue weighted by Gasteiger charge is -2.15. The van der Waals surface area contributed by atoms with E-state index in [4.69, 9.17) is 4.74 Å². The van der Waals surface area contributed by atoms with Crippen LogP contribution in [0, 0.1) is 0 Å². The average Bonchev–Trinajstić information content (AvgIpc) is 2.03. The van der Waals surface area contributed by atoms with Crippen molar-refractivity contribution in [3.63, 3.8) is 0 Å². The second-order valence-corrected chi connectivity index (χ2v) is 2.52. The molecule has 0 saturated heterocycles. The van der Waals surface area contributed by atoms with Gasteiger partial charge in [0.05, 0.1) is 12.7 Å². The molecule has 0 N–H and O–H groups in total. The van der Waals surface area contributed by atoms with E-state index >= 15 is 0 Å². The molecule has 0 spiro atoms. The molecule has 1 atom stereocenters. The first-order valence-electron chi connectivity index (χ1n) is 3.82. The first kappa shape index (κ1) is 7.55. The van der Waals surface area contributed by atoms with Gasteiger partial charge in [-0.3, -0.25) is 0 Å². The fourth-order valence-corrected chi connectivity index (χ4v) is 1.11. The number of allylic oxidation sites excluding steroid dienone is 1. The van der Waals surface area contributed by atoms with Gasteiger partial charge in [0.25, 0.3) is 0 Å². The quantitative estimate of drug-likeness (QED) is 0.544. The largest absolute Gasteiger partial charge is 0.370 e. The lowest BCUT2D eigenvalue weighted by Crippen LogP contribution is -2.11. The van der Waals surface area contributed by atoms with E-state index in [2.05, 4.69) is 18.7 Å². The fraction of sp³-hybridized carbons (Fsp3) is 0.556. The molecule has 1 nitrogen and oxygen atoms in total. The smallest absolute Gasteiger partial charge is 0.0760 e. The van der Waals surface area contributed by atoms with Gasteiger partial charge < -0.3 is 4.74 Å². The van der Waals surface area contributed by atoms with Crippen molar-refractivity contribution in [2.45, 2.75) is 25.4 Å². The minimum Gasteiger partial charge on any atom is -0.370 e. The van der Waals surface area contributed by atoms with Gasteiger partial charge in [-0.2, -0.15) is 0 Å². The topological polar surface area (TPSA) is 9.23 Å². The Balaban J connectivity index is 2.19. The minimum atomic E-state index is 0.353. The van der Waals surface area contributed by atoms with Gasteiger partial charge in [-0.05, 0) is 19.3 Å². The molecule has 0 amide bonds. The van der Waals surface area contributed by atoms with Crippen molar-refractivity contribution in [3.8, 4) is 0 Å². The fourth-order valence-electron chi connectivity index (χ4n) is 1.11. The van der Waals surface area contributed by atoms with E-state index < -0.39 is 0 Å². The Bertz CT molecular complexity index is 127. The van der Waals surface area contributed by atoms with E-state index in [1.807, 2.05) is 0 Å². The highest BCUT2D eigenvalue weighted by Crippen LogP contribution is 2.12. The molecule has 1 aliphatic carbocycles. The molecule has 0 saturated carbocycles. The van der Waals surface area contributed by atoms with Crippen molar-refractivity contribution in [2.24, 2.45) is 0 Å². The maximum Gasteiger partial charge on any atom is 0.0760 e. The van der Waals surface area contributed by atoms with Crippen molar-refractivity contribution in [1.82, 2.24) is 0 Å². The summed E-state index contributed by atoms with van der Waals surface area (Å²) in [5.74, 6) is 0. The maximum atomic E-state index is 5.43. The Morgan fingerprint density at radius 2 is 2.60 bits per heavy atom. The third-order valence-electron chi connectivity index (χ3n) is 1.64. The molecule has 0 aromatic rings. The summed E-state index contributed by atoms with van der Waals surface area (Å²) in [6.07, 6.45) is 10.1. The van der Waals surface area contributed by atoms with Crippen molar-refractivity contribution < 1.29 is 4.74 Å². The first-order valence-corrected chi connectivity index (χ1v) is 3.82. The molecule has 0 aromatic heterocycles. The van der Waals surface area contributed by atoms with E-state index in [9.17, 15) is 0 Å². The zero-order chi connectivity index (χ0) is 7.23. The highest BCUT2D eigenvalue weighted by Gasteiger charge is 2.06. The number of hydrogen-bond acceptors (Lipinski definition) is 1. The second kappa shape index (κ2) is 4.29. The van der Waals surface area contributed by atoms with Gasteiger partial charge in [-0.15, -0.1) is 6.58 Å². The van der Waals surface area contributed by atoms with Crippen LogP contribution in [0.2, 0.25) is 0 Å². The lowest BCUT2D eigenvalue weighted by atomic mass is 10.1. The monoisotopic (exact) mass is 138 g/mol. The van der Waals surface area contributed by atoms with Gasteiger partial charge >= 0.3 is 0 Å². The molecule has 1 unspecified atom stereocenters. The molecule has 1 heteroatoms. The Kier molecular flexibility index (Phi) is 3.23. The van der Waals surface area contributed by atoms with Gasteiger partial charge in [0.1, 0.15) is 0 Å². The summed E-state index contributed by atoms with van der Waals surface area (Å²) < 4.78 is 5.43. The highest BCUT2D eigenvalue weighted by molar-refractivity contribution is 4.94. The summed E-state index contributed by atoms with van der Waals surface area (Å²) >= 11 is 0. The van der Waals surface area contributed by atoms with Gasteiger partial charge in [0.15, 0.2) is 0 Å². The average molecular weight is 138 g/mol. The zero-order valence-electron chi connectivity index (χ0n) is 6.25. The standard InChI is InChI=1S/C9H14O/c1-2-8-10-9-6-4-3-5-7-9/h2,4,6,9H,1,3,5,7-8H2. The summed E-state index contributed by atoms with van der Waals surface area (Å²) in [5, 5.41) is 0. The van der Waals surface area contributed by atoms with Crippen LogP contribution in [0.3, 0.4) is 0 Å². The summed E-state index contributed by atoms with van der Waals surface area (Å²) in [7, 11) is 0. The summed E-state index contributed by atoms with van der Waals surface area (Å²) in [6, 6.07) is 0. The molecule has 0 bridgehead atoms. The Hall–Kier alpha value is -0.560. The normalized spacial score (nSPS) is 24.6. The molecule has 0 radical (unpaired) electrons. The van der Waals surface area contributed by atoms with Gasteiger partial charge in [-0.1, -0.05) is 18.2 Å². The third-order valence-corrected chi connectivity index (χ3v) is 1.64. The van der Waals surface area contributed by atoms with Crippen LogP contribution in [-0.2, 0) is 4.74 Å². The SMILES string of the molecule is C=CCOC1C=CCCC1. The van der Waals surface area contributed by atoms with Crippen molar-refractivity contribution in [3.05, 3.63) is 24.8 Å². The van der Waals surface area contributed by atoms with Crippen molar-refractivity contribution >= 4 is 0 Å². The Morgan fingerprint density at radius 1 is 1.70 bits per heavy atom. The van der Waals surface area contributed by atoms with Crippen LogP contribution in [0.1, 0.15) is 19.3 Å². The molecule has 0 aliphatic heterocycles. The van der Waals surface area contributed by atoms with Crippen LogP contribution in [-0.4, -0.2) is 12.7 Å². The highest BCUT2D eigenvalue weighted by atomic mass is 16.5. The van der Waals surface area contributed by atoms with Crippen LogP contribution in [0.25, 0.3) is 0 Å². The maximum absolute atomic E-state index is 5.43. The molecule has 10 heavy (non-hydrogen) atoms. The Labute approximate surface area is 62.4 Å². The van der Waals surface area contributed by atoms with E-state index in [-0.39, 0.29) is 0 Å². The van der Waals surface area contributed by atoms with Gasteiger partial charge in [0, 0.05) is 0 Å².